The lowest BCUT2D eigenvalue weighted by Gasteiger charge is -2.40. The largest absolute Gasteiger partial charge is 0.459 e. The summed E-state index contributed by atoms with van der Waals surface area (Å²) in [6.45, 7) is 22.4. The number of esters is 1. The number of ether oxygens (including phenoxy) is 4. The molecule has 54 heavy (non-hydrogen) atoms. The summed E-state index contributed by atoms with van der Waals surface area (Å²) in [5.74, 6) is -1.15. The predicted octanol–water partition coefficient (Wildman–Crippen LogP) is 6.81. The van der Waals surface area contributed by atoms with Gasteiger partial charge in [0.15, 0.2) is 0 Å². The van der Waals surface area contributed by atoms with E-state index in [2.05, 4.69) is 10.6 Å². The predicted molar refractivity (Wildman–Crippen MR) is 209 cm³/mol. The van der Waals surface area contributed by atoms with Crippen molar-refractivity contribution >= 4 is 34.4 Å². The lowest BCUT2D eigenvalue weighted by molar-refractivity contribution is -0.165. The van der Waals surface area contributed by atoms with E-state index in [-0.39, 0.29) is 26.1 Å². The molecule has 2 atom stereocenters. The van der Waals surface area contributed by atoms with Gasteiger partial charge in [0.05, 0.1) is 12.9 Å². The maximum absolute atomic E-state index is 14.1. The van der Waals surface area contributed by atoms with Crippen molar-refractivity contribution in [2.75, 3.05) is 39.0 Å². The zero-order valence-corrected chi connectivity index (χ0v) is 36.4. The van der Waals surface area contributed by atoms with Crippen molar-refractivity contribution in [2.45, 2.75) is 175 Å². The second-order valence-electron chi connectivity index (χ2n) is 17.9. The highest BCUT2D eigenvalue weighted by molar-refractivity contribution is 7.85. The van der Waals surface area contributed by atoms with Crippen LogP contribution in [-0.4, -0.2) is 105 Å². The van der Waals surface area contributed by atoms with Crippen molar-refractivity contribution in [1.29, 1.82) is 0 Å². The minimum atomic E-state index is -3.53. The van der Waals surface area contributed by atoms with Gasteiger partial charge in [-0.3, -0.25) is 8.98 Å². The summed E-state index contributed by atoms with van der Waals surface area (Å²) < 4.78 is 49.9. The Kier molecular flexibility index (Phi) is 21.4. The van der Waals surface area contributed by atoms with Crippen LogP contribution in [0.5, 0.6) is 0 Å². The molecule has 0 aliphatic carbocycles. The van der Waals surface area contributed by atoms with Crippen LogP contribution < -0.4 is 16.4 Å². The fourth-order valence-corrected chi connectivity index (χ4v) is 5.66. The van der Waals surface area contributed by atoms with Crippen LogP contribution in [0, 0.1) is 5.92 Å². The fourth-order valence-electron chi connectivity index (χ4n) is 5.24. The quantitative estimate of drug-likeness (QED) is 0.0448. The number of amides is 3. The number of alkyl carbamates (subject to hydrolysis) is 2. The number of hydrogen-bond donors (Lipinski definition) is 3. The third kappa shape index (κ3) is 26.8. The number of nitrogens with one attached hydrogen (secondary N) is 2. The number of carbonyl (C=O) groups excluding carboxylic acids is 4. The van der Waals surface area contributed by atoms with E-state index in [1.165, 1.54) is 0 Å². The van der Waals surface area contributed by atoms with E-state index < -0.39 is 68.2 Å². The van der Waals surface area contributed by atoms with Crippen LogP contribution >= 0.6 is 0 Å². The molecule has 0 aliphatic heterocycles. The maximum atomic E-state index is 14.1. The van der Waals surface area contributed by atoms with Crippen LogP contribution in [0.4, 0.5) is 14.4 Å². The van der Waals surface area contributed by atoms with E-state index in [4.69, 9.17) is 28.9 Å². The highest BCUT2D eigenvalue weighted by atomic mass is 32.2. The second-order valence-corrected chi connectivity index (χ2v) is 19.6. The first-order chi connectivity index (χ1) is 24.4. The van der Waals surface area contributed by atoms with Crippen molar-refractivity contribution in [3.05, 3.63) is 0 Å². The minimum Gasteiger partial charge on any atom is -0.459 e. The monoisotopic (exact) mass is 795 g/mol. The summed E-state index contributed by atoms with van der Waals surface area (Å²) in [7, 11) is -3.53. The molecule has 0 spiro atoms. The summed E-state index contributed by atoms with van der Waals surface area (Å²) in [4.78, 5) is 53.7. The second kappa shape index (κ2) is 22.6. The molecule has 0 saturated heterocycles. The van der Waals surface area contributed by atoms with Crippen LogP contribution in [0.3, 0.4) is 0 Å². The number of carbonyl (C=O) groups is 4. The lowest BCUT2D eigenvalue weighted by Crippen LogP contribution is -2.59. The third-order valence-electron chi connectivity index (χ3n) is 7.55. The zero-order valence-electron chi connectivity index (χ0n) is 35.6. The van der Waals surface area contributed by atoms with Gasteiger partial charge in [0, 0.05) is 32.1 Å². The van der Waals surface area contributed by atoms with Gasteiger partial charge >= 0.3 is 24.2 Å². The Hall–Kier alpha value is -2.85. The summed E-state index contributed by atoms with van der Waals surface area (Å²) >= 11 is 0. The highest BCUT2D eigenvalue weighted by Gasteiger charge is 2.45. The number of nitrogens with zero attached hydrogens (tertiary/aromatic N) is 1. The Morgan fingerprint density at radius 1 is 0.630 bits per heavy atom. The summed E-state index contributed by atoms with van der Waals surface area (Å²) in [6.07, 6.45) is 4.65. The van der Waals surface area contributed by atoms with Crippen molar-refractivity contribution in [2.24, 2.45) is 11.7 Å². The number of unbranched alkanes of at least 4 members (excludes halogenated alkanes) is 5. The molecule has 16 heteroatoms. The van der Waals surface area contributed by atoms with Crippen LogP contribution in [0.25, 0.3) is 0 Å². The Balaban J connectivity index is 6.28. The third-order valence-corrected chi connectivity index (χ3v) is 8.15. The van der Waals surface area contributed by atoms with E-state index in [1.54, 1.807) is 88.0 Å². The van der Waals surface area contributed by atoms with Crippen molar-refractivity contribution in [1.82, 2.24) is 15.5 Å². The summed E-state index contributed by atoms with van der Waals surface area (Å²) in [6, 6.07) is 0. The average molecular weight is 795 g/mol. The van der Waals surface area contributed by atoms with Gasteiger partial charge in [0.2, 0.25) is 0 Å². The molecule has 318 valence electrons. The normalized spacial score (nSPS) is 14.3. The van der Waals surface area contributed by atoms with Gasteiger partial charge in [0.25, 0.3) is 10.1 Å². The smallest absolute Gasteiger partial charge is 0.410 e. The molecule has 0 aromatic rings. The van der Waals surface area contributed by atoms with Gasteiger partial charge in [-0.2, -0.15) is 8.42 Å². The molecule has 0 saturated carbocycles. The van der Waals surface area contributed by atoms with E-state index in [0.29, 0.717) is 70.9 Å². The van der Waals surface area contributed by atoms with E-state index in [9.17, 15) is 27.6 Å². The molecule has 0 bridgehead atoms. The maximum Gasteiger partial charge on any atom is 0.410 e. The first kappa shape index (κ1) is 51.1. The molecule has 0 aliphatic rings. The number of rotatable bonds is 22. The van der Waals surface area contributed by atoms with Gasteiger partial charge in [-0.25, -0.2) is 14.4 Å². The summed E-state index contributed by atoms with van der Waals surface area (Å²) in [5.41, 5.74) is 2.73. The Bertz CT molecular complexity index is 1270. The van der Waals surface area contributed by atoms with Gasteiger partial charge in [0.1, 0.15) is 27.9 Å². The molecule has 0 heterocycles. The van der Waals surface area contributed by atoms with E-state index in [1.807, 2.05) is 0 Å². The molecular weight excluding hydrogens is 721 g/mol. The molecule has 15 nitrogen and oxygen atoms in total. The van der Waals surface area contributed by atoms with E-state index >= 15 is 0 Å². The van der Waals surface area contributed by atoms with Gasteiger partial charge < -0.3 is 40.2 Å². The molecule has 0 aromatic carbocycles. The van der Waals surface area contributed by atoms with E-state index in [0.717, 1.165) is 6.26 Å². The topological polar surface area (TPSA) is 202 Å². The number of hydrogen-bond acceptors (Lipinski definition) is 12. The lowest BCUT2D eigenvalue weighted by atomic mass is 9.77. The number of nitrogens with two attached hydrogens (primary N) is 1. The fraction of sp³-hybridized carbons (Fsp3) is 0.895. The van der Waals surface area contributed by atoms with Crippen molar-refractivity contribution in [3.8, 4) is 0 Å². The highest BCUT2D eigenvalue weighted by Crippen LogP contribution is 2.31. The molecule has 2 unspecified atom stereocenters. The Labute approximate surface area is 325 Å². The Morgan fingerprint density at radius 2 is 1.09 bits per heavy atom. The van der Waals surface area contributed by atoms with Crippen LogP contribution in [-0.2, 0) is 38.0 Å². The minimum absolute atomic E-state index is 0.0769. The molecule has 0 rings (SSSR count). The van der Waals surface area contributed by atoms with Crippen molar-refractivity contribution in [3.63, 3.8) is 0 Å². The molecule has 0 fully saturated rings. The molecule has 4 N–H and O–H groups in total. The first-order valence-electron chi connectivity index (χ1n) is 19.2. The van der Waals surface area contributed by atoms with Gasteiger partial charge in [-0.15, -0.1) is 0 Å². The van der Waals surface area contributed by atoms with Crippen LogP contribution in [0.2, 0.25) is 0 Å². The molecule has 0 aromatic heterocycles. The van der Waals surface area contributed by atoms with Crippen LogP contribution in [0.15, 0.2) is 0 Å². The van der Waals surface area contributed by atoms with Gasteiger partial charge in [-0.1, -0.05) is 19.3 Å². The zero-order chi connectivity index (χ0) is 42.0. The van der Waals surface area contributed by atoms with Crippen molar-refractivity contribution < 1.29 is 50.7 Å². The standard InChI is InChI=1S/C38H74N4O11S/c1-34(2,3)50-30(43)38(39,23-17-18-24-40-31(44)51-35(4,5)6)29(22-16-14-15-21-27-49-54(13,47)48)28-42(33(46)53-37(10,11)12)26-20-19-25-41-32(45)52-36(7,8)9/h29H,14-28,39H2,1-13H3,(H,40,44)(H,41,45). The average Bonchev–Trinajstić information content (AvgIpc) is 2.94. The summed E-state index contributed by atoms with van der Waals surface area (Å²) in [5, 5.41) is 5.48. The molecule has 0 radical (unpaired) electrons. The van der Waals surface area contributed by atoms with Gasteiger partial charge in [-0.05, 0) is 128 Å². The SMILES string of the molecule is CC(C)(C)OC(=O)NCCCCN(CC(CCCCCCOS(C)(=O)=O)C(N)(CCCCNC(=O)OC(C)(C)C)C(=O)OC(C)(C)C)C(=O)OC(C)(C)C. The molecular formula is C38H74N4O11S. The Morgan fingerprint density at radius 3 is 1.56 bits per heavy atom. The molecule has 3 amide bonds. The first-order valence-corrected chi connectivity index (χ1v) is 21.0. The van der Waals surface area contributed by atoms with Crippen LogP contribution in [0.1, 0.15) is 147 Å².